The van der Waals surface area contributed by atoms with E-state index in [-0.39, 0.29) is 4.28 Å². The first-order valence-corrected chi connectivity index (χ1v) is 8.62. The molecular formula is C16H20AlN. The zero-order valence-corrected chi connectivity index (χ0v) is 12.3. The minimum atomic E-state index is -1.36. The second-order valence-corrected chi connectivity index (χ2v) is 8.13. The fourth-order valence-electron chi connectivity index (χ4n) is 2.57. The minimum Gasteiger partial charge on any atom is -0.412 e. The number of benzene rings is 2. The molecule has 0 saturated carbocycles. The zero-order chi connectivity index (χ0) is 13.0. The maximum Gasteiger partial charge on any atom is 0.382 e. The number of hydrogen-bond acceptors (Lipinski definition) is 1. The fraction of sp³-hybridized carbons (Fsp3) is 0.250. The van der Waals surface area contributed by atoms with Crippen LogP contribution in [0.25, 0.3) is 0 Å². The Morgan fingerprint density at radius 3 is 1.61 bits per heavy atom. The van der Waals surface area contributed by atoms with Gasteiger partial charge in [-0.15, -0.1) is 0 Å². The standard InChI is InChI=1S/C14H13.C2H5.Al.H2N/c1-12(13-8-4-2-5-9-13)14-10-6-3-7-11-14;1-2;;/h2-11H,1H3;1H2,2H3;;1H2/q;;+1;-1. The molecule has 2 heteroatoms. The van der Waals surface area contributed by atoms with Gasteiger partial charge in [0.15, 0.2) is 0 Å². The summed E-state index contributed by atoms with van der Waals surface area (Å²) in [6.45, 7) is 4.51. The molecule has 0 aliphatic carbocycles. The molecule has 0 atom stereocenters. The molecule has 0 aliphatic rings. The van der Waals surface area contributed by atoms with Gasteiger partial charge in [-0.3, -0.25) is 0 Å². The van der Waals surface area contributed by atoms with Crippen molar-refractivity contribution in [2.24, 2.45) is 4.72 Å². The van der Waals surface area contributed by atoms with E-state index in [4.69, 9.17) is 4.72 Å². The zero-order valence-electron chi connectivity index (χ0n) is 11.1. The maximum absolute atomic E-state index is 6.55. The second-order valence-electron chi connectivity index (χ2n) is 4.95. The van der Waals surface area contributed by atoms with E-state index in [0.717, 1.165) is 5.28 Å². The number of rotatable bonds is 4. The molecule has 0 spiro atoms. The molecule has 0 heterocycles. The van der Waals surface area contributed by atoms with Crippen molar-refractivity contribution in [3.63, 3.8) is 0 Å². The van der Waals surface area contributed by atoms with Crippen LogP contribution in [-0.2, 0) is 4.28 Å². The van der Waals surface area contributed by atoms with Crippen molar-refractivity contribution in [2.45, 2.75) is 23.4 Å². The lowest BCUT2D eigenvalue weighted by molar-refractivity contribution is 0.780. The first-order chi connectivity index (χ1) is 8.69. The smallest absolute Gasteiger partial charge is 0.382 e. The molecule has 1 nitrogen and oxygen atoms in total. The van der Waals surface area contributed by atoms with Crippen molar-refractivity contribution in [1.29, 1.82) is 0 Å². The van der Waals surface area contributed by atoms with Gasteiger partial charge >= 0.3 is 14.4 Å². The van der Waals surface area contributed by atoms with Crippen LogP contribution in [0.2, 0.25) is 5.28 Å². The lowest BCUT2D eigenvalue weighted by Crippen LogP contribution is -2.48. The molecule has 0 radical (unpaired) electrons. The first kappa shape index (κ1) is 13.4. The van der Waals surface area contributed by atoms with Crippen molar-refractivity contribution in [1.82, 2.24) is 0 Å². The summed E-state index contributed by atoms with van der Waals surface area (Å²) in [5, 5.41) is 1.10. The largest absolute Gasteiger partial charge is 0.412 e. The molecule has 2 rings (SSSR count). The highest BCUT2D eigenvalue weighted by Crippen LogP contribution is 2.33. The predicted octanol–water partition coefficient (Wildman–Crippen LogP) is 3.50. The Labute approximate surface area is 114 Å². The van der Waals surface area contributed by atoms with Crippen molar-refractivity contribution >= 4 is 14.4 Å². The Kier molecular flexibility index (Phi) is 4.24. The van der Waals surface area contributed by atoms with E-state index in [0.29, 0.717) is 0 Å². The predicted molar refractivity (Wildman–Crippen MR) is 79.8 cm³/mol. The summed E-state index contributed by atoms with van der Waals surface area (Å²) in [7, 11) is 0. The molecule has 0 fully saturated rings. The van der Waals surface area contributed by atoms with Gasteiger partial charge in [0.1, 0.15) is 0 Å². The average molecular weight is 253 g/mol. The molecule has 0 amide bonds. The van der Waals surface area contributed by atoms with Gasteiger partial charge in [0.2, 0.25) is 0 Å². The molecule has 0 bridgehead atoms. The summed E-state index contributed by atoms with van der Waals surface area (Å²) < 4.78 is 6.57. The summed E-state index contributed by atoms with van der Waals surface area (Å²) in [6, 6.07) is 21.4. The van der Waals surface area contributed by atoms with Crippen LogP contribution >= 0.6 is 0 Å². The average Bonchev–Trinajstić information content (AvgIpc) is 2.47. The van der Waals surface area contributed by atoms with Crippen molar-refractivity contribution in [3.05, 3.63) is 71.8 Å². The van der Waals surface area contributed by atoms with Crippen LogP contribution in [0.1, 0.15) is 25.0 Å². The normalized spacial score (nSPS) is 11.3. The van der Waals surface area contributed by atoms with Gasteiger partial charge < -0.3 is 4.72 Å². The molecule has 2 N–H and O–H groups in total. The Hall–Kier alpha value is -1.07. The van der Waals surface area contributed by atoms with Gasteiger partial charge in [0.25, 0.3) is 0 Å². The molecule has 0 aliphatic heterocycles. The molecule has 2 aromatic carbocycles. The van der Waals surface area contributed by atoms with Crippen LogP contribution in [0.3, 0.4) is 0 Å². The summed E-state index contributed by atoms with van der Waals surface area (Å²) >= 11 is -1.36. The molecule has 2 aromatic rings. The van der Waals surface area contributed by atoms with Crippen LogP contribution < -0.4 is 4.72 Å². The molecule has 92 valence electrons. The van der Waals surface area contributed by atoms with E-state index in [2.05, 4.69) is 74.5 Å². The third-order valence-corrected chi connectivity index (χ3v) is 6.96. The minimum absolute atomic E-state index is 0.0112. The van der Waals surface area contributed by atoms with Gasteiger partial charge in [-0.2, -0.15) is 0 Å². The lowest BCUT2D eigenvalue weighted by atomic mass is 9.92. The van der Waals surface area contributed by atoms with Crippen LogP contribution in [0, 0.1) is 0 Å². The van der Waals surface area contributed by atoms with Gasteiger partial charge in [0.05, 0.1) is 0 Å². The van der Waals surface area contributed by atoms with E-state index in [9.17, 15) is 0 Å². The maximum atomic E-state index is 6.55. The van der Waals surface area contributed by atoms with Gasteiger partial charge in [-0.1, -0.05) is 79.8 Å². The van der Waals surface area contributed by atoms with E-state index in [1.165, 1.54) is 11.1 Å². The highest BCUT2D eigenvalue weighted by molar-refractivity contribution is 6.59. The highest BCUT2D eigenvalue weighted by Gasteiger charge is 2.39. The first-order valence-electron chi connectivity index (χ1n) is 6.56. The van der Waals surface area contributed by atoms with E-state index >= 15 is 0 Å². The number of nitrogens with two attached hydrogens (primary N) is 1. The Bertz CT molecular complexity index is 441. The third kappa shape index (κ3) is 2.38. The fourth-order valence-corrected chi connectivity index (χ4v) is 4.63. The quantitative estimate of drug-likeness (QED) is 0.829. The molecule has 18 heavy (non-hydrogen) atoms. The SMILES string of the molecule is C[CH2][Al]([NH2])[C](C)(c1ccccc1)c1ccccc1. The van der Waals surface area contributed by atoms with Crippen LogP contribution in [0.5, 0.6) is 0 Å². The van der Waals surface area contributed by atoms with Gasteiger partial charge in [-0.25, -0.2) is 0 Å². The lowest BCUT2D eigenvalue weighted by Gasteiger charge is -2.33. The van der Waals surface area contributed by atoms with Gasteiger partial charge in [0, 0.05) is 0 Å². The van der Waals surface area contributed by atoms with Crippen LogP contribution in [0.4, 0.5) is 0 Å². The summed E-state index contributed by atoms with van der Waals surface area (Å²) in [6.07, 6.45) is 0. The second kappa shape index (κ2) is 5.71. The summed E-state index contributed by atoms with van der Waals surface area (Å²) in [5.41, 5.74) is 2.69. The Morgan fingerprint density at radius 1 is 0.889 bits per heavy atom. The van der Waals surface area contributed by atoms with E-state index < -0.39 is 14.4 Å². The molecular weight excluding hydrogens is 233 g/mol. The topological polar surface area (TPSA) is 26.0 Å². The van der Waals surface area contributed by atoms with Crippen LogP contribution in [-0.4, -0.2) is 14.4 Å². The number of hydrogen-bond donors (Lipinski definition) is 1. The van der Waals surface area contributed by atoms with Crippen molar-refractivity contribution in [3.8, 4) is 0 Å². The molecule has 0 unspecified atom stereocenters. The highest BCUT2D eigenvalue weighted by atomic mass is 27.2. The van der Waals surface area contributed by atoms with Crippen molar-refractivity contribution < 1.29 is 0 Å². The summed E-state index contributed by atoms with van der Waals surface area (Å²) in [4.78, 5) is 0. The monoisotopic (exact) mass is 253 g/mol. The van der Waals surface area contributed by atoms with E-state index in [1.807, 2.05) is 0 Å². The Balaban J connectivity index is 2.55. The van der Waals surface area contributed by atoms with Crippen molar-refractivity contribution in [2.75, 3.05) is 0 Å². The molecule has 0 aromatic heterocycles. The summed E-state index contributed by atoms with van der Waals surface area (Å²) in [5.74, 6) is 0. The van der Waals surface area contributed by atoms with E-state index in [1.54, 1.807) is 0 Å². The van der Waals surface area contributed by atoms with Gasteiger partial charge in [-0.05, 0) is 15.4 Å². The van der Waals surface area contributed by atoms with Crippen LogP contribution in [0.15, 0.2) is 60.7 Å². The third-order valence-electron chi connectivity index (χ3n) is 3.93. The molecule has 0 saturated heterocycles. The Morgan fingerprint density at radius 2 is 1.28 bits per heavy atom.